The van der Waals surface area contributed by atoms with Gasteiger partial charge in [0.05, 0.1) is 0 Å². The molecule has 1 unspecified atom stereocenters. The number of benzene rings is 1. The number of likely N-dealkylation sites (tertiary alicyclic amines) is 1. The monoisotopic (exact) mass is 263 g/mol. The van der Waals surface area contributed by atoms with Gasteiger partial charge in [0.2, 0.25) is 6.79 Å². The van der Waals surface area contributed by atoms with Gasteiger partial charge in [-0.3, -0.25) is 9.69 Å². The van der Waals surface area contributed by atoms with Crippen molar-refractivity contribution >= 4 is 5.97 Å². The van der Waals surface area contributed by atoms with E-state index in [1.807, 2.05) is 23.1 Å². The third kappa shape index (κ3) is 2.51. The zero-order valence-electron chi connectivity index (χ0n) is 10.7. The predicted molar refractivity (Wildman–Crippen MR) is 68.2 cm³/mol. The SMILES string of the molecule is O=C(O)C1CCCCN1Cc1ccc2c(c1)OCO2. The van der Waals surface area contributed by atoms with Crippen LogP contribution in [0.4, 0.5) is 0 Å². The lowest BCUT2D eigenvalue weighted by atomic mass is 10.0. The molecule has 2 aliphatic rings. The average Bonchev–Trinajstić information content (AvgIpc) is 2.86. The van der Waals surface area contributed by atoms with Crippen molar-refractivity contribution in [3.05, 3.63) is 23.8 Å². The highest BCUT2D eigenvalue weighted by atomic mass is 16.7. The van der Waals surface area contributed by atoms with Crippen LogP contribution in [-0.4, -0.2) is 35.4 Å². The van der Waals surface area contributed by atoms with Crippen molar-refractivity contribution in [1.29, 1.82) is 0 Å². The Bertz CT molecular complexity index is 488. The minimum absolute atomic E-state index is 0.264. The number of carboxylic acids is 1. The number of fused-ring (bicyclic) bond motifs is 1. The van der Waals surface area contributed by atoms with Crippen LogP contribution >= 0.6 is 0 Å². The van der Waals surface area contributed by atoms with Crippen LogP contribution in [0.25, 0.3) is 0 Å². The summed E-state index contributed by atoms with van der Waals surface area (Å²) in [6.45, 7) is 1.75. The quantitative estimate of drug-likeness (QED) is 0.902. The Hall–Kier alpha value is -1.75. The van der Waals surface area contributed by atoms with E-state index in [-0.39, 0.29) is 12.8 Å². The fourth-order valence-electron chi connectivity index (χ4n) is 2.73. The van der Waals surface area contributed by atoms with E-state index in [9.17, 15) is 9.90 Å². The van der Waals surface area contributed by atoms with Crippen molar-refractivity contribution in [1.82, 2.24) is 4.90 Å². The maximum atomic E-state index is 11.3. The number of aliphatic carboxylic acids is 1. The number of hydrogen-bond donors (Lipinski definition) is 1. The number of carbonyl (C=O) groups is 1. The van der Waals surface area contributed by atoms with Gasteiger partial charge >= 0.3 is 5.97 Å². The first-order valence-corrected chi connectivity index (χ1v) is 6.59. The molecule has 0 aromatic heterocycles. The van der Waals surface area contributed by atoms with Crippen LogP contribution in [0.3, 0.4) is 0 Å². The second-order valence-corrected chi connectivity index (χ2v) is 5.01. The van der Waals surface area contributed by atoms with Gasteiger partial charge in [0.25, 0.3) is 0 Å². The summed E-state index contributed by atoms with van der Waals surface area (Å²) < 4.78 is 10.6. The van der Waals surface area contributed by atoms with E-state index in [0.29, 0.717) is 6.54 Å². The first-order chi connectivity index (χ1) is 9.24. The van der Waals surface area contributed by atoms with Crippen LogP contribution in [0.15, 0.2) is 18.2 Å². The van der Waals surface area contributed by atoms with Crippen LogP contribution in [0.5, 0.6) is 11.5 Å². The minimum atomic E-state index is -0.722. The fourth-order valence-corrected chi connectivity index (χ4v) is 2.73. The standard InChI is InChI=1S/C14H17NO4/c16-14(17)11-3-1-2-6-15(11)8-10-4-5-12-13(7-10)19-9-18-12/h4-5,7,11H,1-3,6,8-9H2,(H,16,17). The van der Waals surface area contributed by atoms with Crippen molar-refractivity contribution in [2.24, 2.45) is 0 Å². The Balaban J connectivity index is 1.74. The summed E-state index contributed by atoms with van der Waals surface area (Å²) in [5, 5.41) is 9.26. The maximum Gasteiger partial charge on any atom is 0.320 e. The molecule has 1 aromatic carbocycles. The van der Waals surface area contributed by atoms with E-state index in [2.05, 4.69) is 0 Å². The van der Waals surface area contributed by atoms with Crippen molar-refractivity contribution in [2.45, 2.75) is 31.8 Å². The molecule has 0 radical (unpaired) electrons. The molecule has 0 spiro atoms. The largest absolute Gasteiger partial charge is 0.480 e. The summed E-state index contributed by atoms with van der Waals surface area (Å²) in [6.07, 6.45) is 2.79. The summed E-state index contributed by atoms with van der Waals surface area (Å²) in [5.41, 5.74) is 1.07. The Kier molecular flexibility index (Phi) is 3.29. The molecule has 0 aliphatic carbocycles. The molecule has 0 amide bonds. The van der Waals surface area contributed by atoms with E-state index in [1.165, 1.54) is 0 Å². The predicted octanol–water partition coefficient (Wildman–Crippen LogP) is 1.85. The highest BCUT2D eigenvalue weighted by Gasteiger charge is 2.28. The number of piperidine rings is 1. The zero-order valence-corrected chi connectivity index (χ0v) is 10.7. The second-order valence-electron chi connectivity index (χ2n) is 5.01. The van der Waals surface area contributed by atoms with Crippen LogP contribution in [0.2, 0.25) is 0 Å². The summed E-state index contributed by atoms with van der Waals surface area (Å²) in [5.74, 6) is 0.791. The highest BCUT2D eigenvalue weighted by molar-refractivity contribution is 5.73. The summed E-state index contributed by atoms with van der Waals surface area (Å²) in [6, 6.07) is 5.44. The first-order valence-electron chi connectivity index (χ1n) is 6.59. The molecule has 1 aromatic rings. The van der Waals surface area contributed by atoms with Gasteiger partial charge in [0, 0.05) is 6.54 Å². The summed E-state index contributed by atoms with van der Waals surface area (Å²) >= 11 is 0. The van der Waals surface area contributed by atoms with Gasteiger partial charge in [0.1, 0.15) is 6.04 Å². The molecule has 0 saturated carbocycles. The number of nitrogens with zero attached hydrogens (tertiary/aromatic N) is 1. The number of rotatable bonds is 3. The lowest BCUT2D eigenvalue weighted by Gasteiger charge is -2.32. The van der Waals surface area contributed by atoms with Crippen LogP contribution in [0.1, 0.15) is 24.8 Å². The van der Waals surface area contributed by atoms with Crippen LogP contribution < -0.4 is 9.47 Å². The van der Waals surface area contributed by atoms with E-state index in [4.69, 9.17) is 9.47 Å². The molecule has 3 rings (SSSR count). The molecule has 1 fully saturated rings. The first kappa shape index (κ1) is 12.3. The lowest BCUT2D eigenvalue weighted by Crippen LogP contribution is -2.43. The average molecular weight is 263 g/mol. The zero-order chi connectivity index (χ0) is 13.2. The Morgan fingerprint density at radius 2 is 2.16 bits per heavy atom. The summed E-state index contributed by atoms with van der Waals surface area (Å²) in [7, 11) is 0. The molecule has 1 saturated heterocycles. The molecule has 2 heterocycles. The molecule has 1 atom stereocenters. The van der Waals surface area contributed by atoms with Gasteiger partial charge in [0.15, 0.2) is 11.5 Å². The number of hydrogen-bond acceptors (Lipinski definition) is 4. The summed E-state index contributed by atoms with van der Waals surface area (Å²) in [4.78, 5) is 13.3. The second kappa shape index (κ2) is 5.09. The highest BCUT2D eigenvalue weighted by Crippen LogP contribution is 2.33. The molecular formula is C14H17NO4. The molecule has 102 valence electrons. The van der Waals surface area contributed by atoms with E-state index in [0.717, 1.165) is 42.9 Å². The molecule has 2 aliphatic heterocycles. The van der Waals surface area contributed by atoms with Crippen molar-refractivity contribution in [2.75, 3.05) is 13.3 Å². The van der Waals surface area contributed by atoms with Crippen LogP contribution in [-0.2, 0) is 11.3 Å². The molecule has 1 N–H and O–H groups in total. The van der Waals surface area contributed by atoms with Crippen molar-refractivity contribution < 1.29 is 19.4 Å². The van der Waals surface area contributed by atoms with E-state index >= 15 is 0 Å². The Morgan fingerprint density at radius 3 is 3.00 bits per heavy atom. The molecule has 19 heavy (non-hydrogen) atoms. The van der Waals surface area contributed by atoms with Gasteiger partial charge in [-0.05, 0) is 37.1 Å². The Morgan fingerprint density at radius 1 is 1.32 bits per heavy atom. The third-order valence-electron chi connectivity index (χ3n) is 3.72. The molecule has 5 heteroatoms. The minimum Gasteiger partial charge on any atom is -0.480 e. The lowest BCUT2D eigenvalue weighted by molar-refractivity contribution is -0.144. The number of ether oxygens (including phenoxy) is 2. The Labute approximate surface area is 111 Å². The van der Waals surface area contributed by atoms with Crippen molar-refractivity contribution in [3.63, 3.8) is 0 Å². The van der Waals surface area contributed by atoms with Gasteiger partial charge in [-0.15, -0.1) is 0 Å². The van der Waals surface area contributed by atoms with Gasteiger partial charge in [-0.2, -0.15) is 0 Å². The van der Waals surface area contributed by atoms with E-state index < -0.39 is 5.97 Å². The fraction of sp³-hybridized carbons (Fsp3) is 0.500. The van der Waals surface area contributed by atoms with Crippen molar-refractivity contribution in [3.8, 4) is 11.5 Å². The maximum absolute atomic E-state index is 11.3. The third-order valence-corrected chi connectivity index (χ3v) is 3.72. The molecule has 5 nitrogen and oxygen atoms in total. The van der Waals surface area contributed by atoms with Crippen LogP contribution in [0, 0.1) is 0 Å². The van der Waals surface area contributed by atoms with Gasteiger partial charge in [-0.25, -0.2) is 0 Å². The van der Waals surface area contributed by atoms with Gasteiger partial charge < -0.3 is 14.6 Å². The number of carboxylic acid groups (broad SMARTS) is 1. The van der Waals surface area contributed by atoms with Gasteiger partial charge in [-0.1, -0.05) is 12.5 Å². The molecule has 0 bridgehead atoms. The normalized spacial score (nSPS) is 22.4. The molecular weight excluding hydrogens is 246 g/mol. The van der Waals surface area contributed by atoms with E-state index in [1.54, 1.807) is 0 Å². The smallest absolute Gasteiger partial charge is 0.320 e. The topological polar surface area (TPSA) is 59.0 Å².